The van der Waals surface area contributed by atoms with Gasteiger partial charge in [0.2, 0.25) is 5.56 Å². The number of nitrogens with zero attached hydrogens (tertiary/aromatic N) is 3. The van der Waals surface area contributed by atoms with Crippen molar-refractivity contribution in [3.05, 3.63) is 136 Å². The lowest BCUT2D eigenvalue weighted by molar-refractivity contribution is -0.428. The Balaban J connectivity index is 0.000000193. The van der Waals surface area contributed by atoms with Crippen molar-refractivity contribution >= 4 is 39.8 Å². The zero-order valence-electron chi connectivity index (χ0n) is 19.9. The molecule has 0 aromatic carbocycles. The van der Waals surface area contributed by atoms with Gasteiger partial charge in [-0.1, -0.05) is 23.2 Å². The van der Waals surface area contributed by atoms with Crippen LogP contribution in [0.1, 0.15) is 0 Å². The van der Waals surface area contributed by atoms with E-state index in [4.69, 9.17) is 23.2 Å². The molecule has 0 saturated heterocycles. The maximum Gasteiger partial charge on any atom is 0.336 e. The lowest BCUT2D eigenvalue weighted by Gasteiger charge is -2.10. The van der Waals surface area contributed by atoms with Gasteiger partial charge in [0.05, 0.1) is 33.7 Å². The fourth-order valence-electron chi connectivity index (χ4n) is 2.60. The molecule has 0 saturated carbocycles. The first-order valence-corrected chi connectivity index (χ1v) is 11.4. The summed E-state index contributed by atoms with van der Waals surface area (Å²) >= 11 is 11.1. The average molecular weight is 620 g/mol. The average Bonchev–Trinajstić information content (AvgIpc) is 3.43. The molecule has 1 atom stereocenters. The second-order valence-corrected chi connectivity index (χ2v) is 8.00. The Morgan fingerprint density at radius 3 is 2.12 bits per heavy atom. The van der Waals surface area contributed by atoms with Crippen LogP contribution in [-0.4, -0.2) is 35.3 Å². The van der Waals surface area contributed by atoms with Crippen molar-refractivity contribution in [3.63, 3.8) is 0 Å². The van der Waals surface area contributed by atoms with Crippen molar-refractivity contribution in [3.8, 4) is 0 Å². The maximum atomic E-state index is 12.9. The summed E-state index contributed by atoms with van der Waals surface area (Å²) < 4.78 is 49.3. The third-order valence-electron chi connectivity index (χ3n) is 4.42. The fraction of sp³-hybridized carbons (Fsp3) is 0.0455. The van der Waals surface area contributed by atoms with Crippen LogP contribution in [0.4, 0.5) is 23.2 Å². The molecule has 0 spiro atoms. The summed E-state index contributed by atoms with van der Waals surface area (Å²) in [7, 11) is 0. The zero-order chi connectivity index (χ0) is 30.7. The Hall–Kier alpha value is -5.03. The number of rotatable bonds is 2. The second-order valence-electron chi connectivity index (χ2n) is 7.21. The van der Waals surface area contributed by atoms with Crippen molar-refractivity contribution in [2.24, 2.45) is 0 Å². The van der Waals surface area contributed by atoms with Crippen LogP contribution >= 0.6 is 23.2 Å². The van der Waals surface area contributed by atoms with Crippen LogP contribution in [0.25, 0.3) is 10.9 Å². The molecule has 1 aliphatic rings. The minimum atomic E-state index is -0.954. The number of halogens is 6. The van der Waals surface area contributed by atoms with Crippen molar-refractivity contribution < 1.29 is 27.4 Å². The van der Waals surface area contributed by atoms with Crippen molar-refractivity contribution in [1.29, 1.82) is 0 Å². The highest BCUT2D eigenvalue weighted by Crippen LogP contribution is 2.21. The van der Waals surface area contributed by atoms with Gasteiger partial charge in [0.15, 0.2) is 16.5 Å². The molecule has 1 aliphatic heterocycles. The van der Waals surface area contributed by atoms with E-state index in [0.717, 1.165) is 43.0 Å². The molecule has 4 aromatic heterocycles. The number of pyridine rings is 3. The number of nitro groups is 2. The first-order valence-electron chi connectivity index (χ1n) is 10.6. The third kappa shape index (κ3) is 9.90. The smallest absolute Gasteiger partial charge is 0.336 e. The Labute approximate surface area is 234 Å². The first kappa shape index (κ1) is 32.2. The maximum absolute atomic E-state index is 12.9. The van der Waals surface area contributed by atoms with E-state index in [2.05, 4.69) is 20.3 Å². The summed E-state index contributed by atoms with van der Waals surface area (Å²) in [4.78, 5) is 49.7. The van der Waals surface area contributed by atoms with Crippen molar-refractivity contribution in [2.75, 3.05) is 0 Å². The molecule has 0 fully saturated rings. The molecule has 4 aromatic rings. The molecule has 0 bridgehead atoms. The van der Waals surface area contributed by atoms with E-state index in [1.807, 2.05) is 4.98 Å². The molecule has 4 N–H and O–H groups in total. The quantitative estimate of drug-likeness (QED) is 0.0632. The van der Waals surface area contributed by atoms with Gasteiger partial charge in [-0.3, -0.25) is 29.8 Å². The SMILES string of the molecule is Fc1cnc(Cl)c2[nH]ccc12.O=[N+]([O-])C1=CC(F)=CNC1Cl.O=c1[nH]cc(F)cc1[N+](=O)[O-].O=c1ccc(F)c[nH]1. The van der Waals surface area contributed by atoms with Gasteiger partial charge in [0.25, 0.3) is 5.70 Å². The Kier molecular flexibility index (Phi) is 11.7. The molecule has 0 amide bonds. The fourth-order valence-corrected chi connectivity index (χ4v) is 3.01. The van der Waals surface area contributed by atoms with Crippen LogP contribution in [0, 0.1) is 37.7 Å². The van der Waals surface area contributed by atoms with Crippen LogP contribution in [0.15, 0.2) is 82.4 Å². The van der Waals surface area contributed by atoms with E-state index in [1.165, 1.54) is 0 Å². The summed E-state index contributed by atoms with van der Waals surface area (Å²) in [5, 5.41) is 23.2. The molecule has 5 rings (SSSR count). The van der Waals surface area contributed by atoms with E-state index in [-0.39, 0.29) is 17.1 Å². The molecular formula is C22H15Cl2F4N7O6. The van der Waals surface area contributed by atoms with Gasteiger partial charge in [0.1, 0.15) is 17.5 Å². The highest BCUT2D eigenvalue weighted by Gasteiger charge is 2.25. The monoisotopic (exact) mass is 619 g/mol. The predicted octanol–water partition coefficient (Wildman–Crippen LogP) is 4.42. The normalized spacial score (nSPS) is 13.5. The van der Waals surface area contributed by atoms with Gasteiger partial charge in [-0.05, 0) is 12.1 Å². The number of aromatic amines is 3. The molecular weight excluding hydrogens is 605 g/mol. The number of allylic oxidation sites excluding steroid dienone is 2. The third-order valence-corrected chi connectivity index (χ3v) is 5.05. The number of fused-ring (bicyclic) bond motifs is 1. The van der Waals surface area contributed by atoms with Gasteiger partial charge in [-0.25, -0.2) is 22.5 Å². The summed E-state index contributed by atoms with van der Waals surface area (Å²) in [6.07, 6.45) is 6.27. The molecule has 0 radical (unpaired) electrons. The minimum Gasteiger partial charge on any atom is -0.364 e. The van der Waals surface area contributed by atoms with E-state index < -0.39 is 44.1 Å². The van der Waals surface area contributed by atoms with E-state index >= 15 is 0 Å². The minimum absolute atomic E-state index is 0.286. The molecule has 19 heteroatoms. The van der Waals surface area contributed by atoms with Gasteiger partial charge in [-0.15, -0.1) is 0 Å². The van der Waals surface area contributed by atoms with Crippen LogP contribution in [-0.2, 0) is 0 Å². The van der Waals surface area contributed by atoms with Crippen LogP contribution < -0.4 is 16.4 Å². The van der Waals surface area contributed by atoms with Gasteiger partial charge in [-0.2, -0.15) is 0 Å². The number of nitrogens with one attached hydrogen (secondary N) is 4. The number of alkyl halides is 1. The van der Waals surface area contributed by atoms with Crippen LogP contribution in [0.3, 0.4) is 0 Å². The Morgan fingerprint density at radius 1 is 0.927 bits per heavy atom. The highest BCUT2D eigenvalue weighted by molar-refractivity contribution is 6.33. The number of hydrogen-bond donors (Lipinski definition) is 4. The van der Waals surface area contributed by atoms with Gasteiger partial charge in [0, 0.05) is 36.2 Å². The first-order chi connectivity index (χ1) is 19.3. The van der Waals surface area contributed by atoms with E-state index in [0.29, 0.717) is 22.1 Å². The zero-order valence-corrected chi connectivity index (χ0v) is 21.4. The lowest BCUT2D eigenvalue weighted by atomic mass is 10.3. The van der Waals surface area contributed by atoms with Gasteiger partial charge >= 0.3 is 11.2 Å². The van der Waals surface area contributed by atoms with Crippen molar-refractivity contribution in [2.45, 2.75) is 5.50 Å². The number of hydrogen-bond acceptors (Lipinski definition) is 8. The number of dihydropyridines is 1. The second kappa shape index (κ2) is 14.9. The lowest BCUT2D eigenvalue weighted by Crippen LogP contribution is -2.27. The molecule has 216 valence electrons. The topological polar surface area (TPSA) is 193 Å². The molecule has 5 heterocycles. The van der Waals surface area contributed by atoms with Crippen LogP contribution in [0.2, 0.25) is 5.15 Å². The molecule has 13 nitrogen and oxygen atoms in total. The summed E-state index contributed by atoms with van der Waals surface area (Å²) in [5.74, 6) is -2.32. The predicted molar refractivity (Wildman–Crippen MR) is 139 cm³/mol. The van der Waals surface area contributed by atoms with Crippen molar-refractivity contribution in [1.82, 2.24) is 25.3 Å². The summed E-state index contributed by atoms with van der Waals surface area (Å²) in [6, 6.07) is 4.44. The highest BCUT2D eigenvalue weighted by atomic mass is 35.5. The van der Waals surface area contributed by atoms with Gasteiger partial charge < -0.3 is 20.3 Å². The van der Waals surface area contributed by atoms with E-state index in [9.17, 15) is 47.4 Å². The number of H-pyrrole nitrogens is 3. The molecule has 1 unspecified atom stereocenters. The largest absolute Gasteiger partial charge is 0.364 e. The number of aromatic nitrogens is 4. The molecule has 41 heavy (non-hydrogen) atoms. The van der Waals surface area contributed by atoms with E-state index in [1.54, 1.807) is 12.3 Å². The summed E-state index contributed by atoms with van der Waals surface area (Å²) in [6.45, 7) is 0. The Bertz CT molecular complexity index is 1670. The Morgan fingerprint density at radius 2 is 1.61 bits per heavy atom. The molecule has 0 aliphatic carbocycles. The standard InChI is InChI=1S/C7H4ClFN2.C5H4ClFN2O2.C5H3FN2O3.C5H4FNO/c8-7-6-4(1-2-10-6)5(9)3-11-7;6-5-4(9(10)11)1-3(7)2-8-5;6-3-1-4(8(10)11)5(9)7-2-3;6-4-1-2-5(8)7-3-4/h1-3,10H;1-2,5,8H;1-2H,(H,7,9);1-3H,(H,7,8). The summed E-state index contributed by atoms with van der Waals surface area (Å²) in [5.41, 5.74) is -2.77. The van der Waals surface area contributed by atoms with Crippen LogP contribution in [0.5, 0.6) is 0 Å².